The Balaban J connectivity index is 1.63. The average molecular weight is 379 g/mol. The van der Waals surface area contributed by atoms with Crippen molar-refractivity contribution >= 4 is 17.6 Å². The Bertz CT molecular complexity index is 953. The Labute approximate surface area is 162 Å². The maximum atomic E-state index is 12.5. The van der Waals surface area contributed by atoms with Gasteiger partial charge in [-0.3, -0.25) is 9.59 Å². The Morgan fingerprint density at radius 1 is 1.07 bits per heavy atom. The zero-order valence-corrected chi connectivity index (χ0v) is 15.6. The number of tetrazole rings is 1. The third-order valence-corrected chi connectivity index (χ3v) is 4.37. The maximum absolute atomic E-state index is 12.5. The van der Waals surface area contributed by atoms with Crippen LogP contribution >= 0.6 is 0 Å². The van der Waals surface area contributed by atoms with Crippen LogP contribution in [0.15, 0.2) is 54.6 Å². The lowest BCUT2D eigenvalue weighted by atomic mass is 10.0. The van der Waals surface area contributed by atoms with Gasteiger partial charge in [0.15, 0.2) is 0 Å². The van der Waals surface area contributed by atoms with Gasteiger partial charge in [0.25, 0.3) is 5.91 Å². The van der Waals surface area contributed by atoms with Gasteiger partial charge in [-0.25, -0.2) is 0 Å². The zero-order valence-electron chi connectivity index (χ0n) is 15.6. The van der Waals surface area contributed by atoms with E-state index in [0.29, 0.717) is 17.9 Å². The quantitative estimate of drug-likeness (QED) is 0.653. The number of hydrogen-bond donors (Lipinski definition) is 2. The fourth-order valence-corrected chi connectivity index (χ4v) is 2.61. The molecule has 2 aromatic carbocycles. The van der Waals surface area contributed by atoms with Gasteiger partial charge < -0.3 is 10.4 Å². The molecule has 1 aromatic heterocycles. The summed E-state index contributed by atoms with van der Waals surface area (Å²) in [6.45, 7) is 3.35. The first kappa shape index (κ1) is 19.2. The third kappa shape index (κ3) is 4.59. The van der Waals surface area contributed by atoms with Crippen LogP contribution in [0.25, 0.3) is 11.4 Å². The first-order valence-electron chi connectivity index (χ1n) is 8.91. The standard InChI is InChI=1S/C20H21N5O3/c1-13(20(27)28)12-15-8-10-17(11-9-15)21-19(26)14(2)25-23-18(22-24-25)16-6-4-3-5-7-16/h3-11,13-14H,12H2,1-2H3,(H,21,26)(H,27,28). The van der Waals surface area contributed by atoms with Crippen LogP contribution in [-0.2, 0) is 16.0 Å². The fourth-order valence-electron chi connectivity index (χ4n) is 2.61. The number of anilines is 1. The summed E-state index contributed by atoms with van der Waals surface area (Å²) in [6.07, 6.45) is 0.436. The molecule has 3 aromatic rings. The van der Waals surface area contributed by atoms with Crippen molar-refractivity contribution in [3.63, 3.8) is 0 Å². The van der Waals surface area contributed by atoms with E-state index >= 15 is 0 Å². The van der Waals surface area contributed by atoms with E-state index in [9.17, 15) is 9.59 Å². The summed E-state index contributed by atoms with van der Waals surface area (Å²) in [6, 6.07) is 15.9. The monoisotopic (exact) mass is 379 g/mol. The number of benzene rings is 2. The molecule has 0 aliphatic carbocycles. The summed E-state index contributed by atoms with van der Waals surface area (Å²) in [4.78, 5) is 24.7. The fraction of sp³-hybridized carbons (Fsp3) is 0.250. The van der Waals surface area contributed by atoms with Crippen molar-refractivity contribution in [2.75, 3.05) is 5.32 Å². The van der Waals surface area contributed by atoms with E-state index in [1.165, 1.54) is 4.80 Å². The van der Waals surface area contributed by atoms with Crippen molar-refractivity contribution in [1.82, 2.24) is 20.2 Å². The summed E-state index contributed by atoms with van der Waals surface area (Å²) < 4.78 is 0. The number of aromatic nitrogens is 4. The van der Waals surface area contributed by atoms with Gasteiger partial charge in [-0.15, -0.1) is 10.2 Å². The number of carbonyl (C=O) groups is 2. The summed E-state index contributed by atoms with van der Waals surface area (Å²) >= 11 is 0. The molecule has 1 heterocycles. The molecule has 0 fully saturated rings. The largest absolute Gasteiger partial charge is 0.481 e. The Morgan fingerprint density at radius 3 is 2.39 bits per heavy atom. The first-order valence-corrected chi connectivity index (χ1v) is 8.91. The molecule has 0 aliphatic heterocycles. The summed E-state index contributed by atoms with van der Waals surface area (Å²) in [7, 11) is 0. The number of nitrogens with zero attached hydrogens (tertiary/aromatic N) is 4. The van der Waals surface area contributed by atoms with Crippen molar-refractivity contribution in [3.8, 4) is 11.4 Å². The van der Waals surface area contributed by atoms with Crippen molar-refractivity contribution in [3.05, 3.63) is 60.2 Å². The van der Waals surface area contributed by atoms with Crippen molar-refractivity contribution in [1.29, 1.82) is 0 Å². The van der Waals surface area contributed by atoms with Gasteiger partial charge in [-0.2, -0.15) is 4.80 Å². The number of nitrogens with one attached hydrogen (secondary N) is 1. The third-order valence-electron chi connectivity index (χ3n) is 4.37. The van der Waals surface area contributed by atoms with E-state index in [2.05, 4.69) is 20.7 Å². The number of aliphatic carboxylic acids is 1. The normalized spacial score (nSPS) is 12.9. The molecule has 0 radical (unpaired) electrons. The van der Waals surface area contributed by atoms with E-state index < -0.39 is 17.9 Å². The van der Waals surface area contributed by atoms with E-state index in [-0.39, 0.29) is 5.91 Å². The second-order valence-electron chi connectivity index (χ2n) is 6.61. The molecule has 0 spiro atoms. The van der Waals surface area contributed by atoms with Crippen LogP contribution in [0, 0.1) is 5.92 Å². The smallest absolute Gasteiger partial charge is 0.306 e. The number of carboxylic acid groups (broad SMARTS) is 1. The number of amides is 1. The van der Waals surface area contributed by atoms with E-state index in [1.54, 1.807) is 38.1 Å². The zero-order chi connectivity index (χ0) is 20.1. The maximum Gasteiger partial charge on any atom is 0.306 e. The van der Waals surface area contributed by atoms with Crippen LogP contribution in [-0.4, -0.2) is 37.2 Å². The highest BCUT2D eigenvalue weighted by Gasteiger charge is 2.19. The number of rotatable bonds is 7. The van der Waals surface area contributed by atoms with Gasteiger partial charge in [0.2, 0.25) is 5.82 Å². The number of hydrogen-bond acceptors (Lipinski definition) is 5. The van der Waals surface area contributed by atoms with Crippen LogP contribution < -0.4 is 5.32 Å². The first-order chi connectivity index (χ1) is 13.4. The lowest BCUT2D eigenvalue weighted by molar-refractivity contribution is -0.141. The molecule has 0 aliphatic rings. The summed E-state index contributed by atoms with van der Waals surface area (Å²) in [5, 5.41) is 24.1. The highest BCUT2D eigenvalue weighted by atomic mass is 16.4. The van der Waals surface area contributed by atoms with Gasteiger partial charge >= 0.3 is 5.97 Å². The highest BCUT2D eigenvalue weighted by Crippen LogP contribution is 2.17. The Kier molecular flexibility index (Phi) is 5.78. The minimum Gasteiger partial charge on any atom is -0.481 e. The molecular weight excluding hydrogens is 358 g/mol. The van der Waals surface area contributed by atoms with Gasteiger partial charge in [0, 0.05) is 11.3 Å². The minimum absolute atomic E-state index is 0.274. The van der Waals surface area contributed by atoms with Gasteiger partial charge in [0.05, 0.1) is 5.92 Å². The molecular formula is C20H21N5O3. The molecule has 8 heteroatoms. The molecule has 2 unspecified atom stereocenters. The molecule has 3 rings (SSSR count). The molecule has 0 saturated heterocycles. The second-order valence-corrected chi connectivity index (χ2v) is 6.61. The predicted molar refractivity (Wildman–Crippen MR) is 104 cm³/mol. The van der Waals surface area contributed by atoms with Crippen LogP contribution in [0.1, 0.15) is 25.5 Å². The summed E-state index contributed by atoms with van der Waals surface area (Å²) in [5.74, 6) is -1.11. The molecule has 144 valence electrons. The topological polar surface area (TPSA) is 110 Å². The molecule has 1 amide bonds. The average Bonchev–Trinajstić information content (AvgIpc) is 3.19. The highest BCUT2D eigenvalue weighted by molar-refractivity contribution is 5.93. The van der Waals surface area contributed by atoms with Gasteiger partial charge in [0.1, 0.15) is 6.04 Å². The number of carbonyl (C=O) groups excluding carboxylic acids is 1. The second kappa shape index (κ2) is 8.43. The SMILES string of the molecule is CC(Cc1ccc(NC(=O)C(C)n2nnc(-c3ccccc3)n2)cc1)C(=O)O. The van der Waals surface area contributed by atoms with Crippen LogP contribution in [0.4, 0.5) is 5.69 Å². The van der Waals surface area contributed by atoms with Gasteiger partial charge in [-0.05, 0) is 36.3 Å². The van der Waals surface area contributed by atoms with Gasteiger partial charge in [-0.1, -0.05) is 49.4 Å². The predicted octanol–water partition coefficient (Wildman–Crippen LogP) is 2.80. The van der Waals surface area contributed by atoms with E-state index in [4.69, 9.17) is 5.11 Å². The lowest BCUT2D eigenvalue weighted by Crippen LogP contribution is -2.25. The molecule has 2 atom stereocenters. The Morgan fingerprint density at radius 2 is 1.75 bits per heavy atom. The van der Waals surface area contributed by atoms with Crippen molar-refractivity contribution in [2.45, 2.75) is 26.3 Å². The lowest BCUT2D eigenvalue weighted by Gasteiger charge is -2.12. The van der Waals surface area contributed by atoms with E-state index in [1.807, 2.05) is 30.3 Å². The molecule has 28 heavy (non-hydrogen) atoms. The van der Waals surface area contributed by atoms with Crippen molar-refractivity contribution < 1.29 is 14.7 Å². The van der Waals surface area contributed by atoms with E-state index in [0.717, 1.165) is 11.1 Å². The minimum atomic E-state index is -0.832. The molecule has 2 N–H and O–H groups in total. The summed E-state index contributed by atoms with van der Waals surface area (Å²) in [5.41, 5.74) is 2.34. The molecule has 8 nitrogen and oxygen atoms in total. The van der Waals surface area contributed by atoms with Crippen LogP contribution in [0.3, 0.4) is 0 Å². The van der Waals surface area contributed by atoms with Crippen LogP contribution in [0.5, 0.6) is 0 Å². The molecule has 0 saturated carbocycles. The number of carboxylic acids is 1. The Hall–Kier alpha value is -3.55. The van der Waals surface area contributed by atoms with Crippen LogP contribution in [0.2, 0.25) is 0 Å². The molecule has 0 bridgehead atoms. The van der Waals surface area contributed by atoms with Crippen molar-refractivity contribution in [2.24, 2.45) is 5.92 Å².